The Morgan fingerprint density at radius 1 is 1.09 bits per heavy atom. The van der Waals surface area contributed by atoms with Crippen LogP contribution in [0.2, 0.25) is 0 Å². The lowest BCUT2D eigenvalue weighted by molar-refractivity contribution is -0.141. The van der Waals surface area contributed by atoms with Crippen LogP contribution in [-0.4, -0.2) is 30.3 Å². The van der Waals surface area contributed by atoms with Gasteiger partial charge in [0.1, 0.15) is 5.92 Å². The third-order valence-electron chi connectivity index (χ3n) is 4.10. The van der Waals surface area contributed by atoms with E-state index in [9.17, 15) is 23.1 Å². The molecule has 1 aromatic rings. The molecule has 1 amide bonds. The zero-order valence-electron chi connectivity index (χ0n) is 12.6. The van der Waals surface area contributed by atoms with E-state index < -0.39 is 33.0 Å². The average Bonchev–Trinajstić information content (AvgIpc) is 2.53. The first-order valence-electron chi connectivity index (χ1n) is 7.56. The monoisotopic (exact) mass is 337 g/mol. The molecule has 0 heterocycles. The van der Waals surface area contributed by atoms with Crippen LogP contribution in [0.25, 0.3) is 0 Å². The van der Waals surface area contributed by atoms with E-state index in [0.29, 0.717) is 18.5 Å². The molecule has 1 fully saturated rings. The van der Waals surface area contributed by atoms with E-state index >= 15 is 0 Å². The predicted octanol–water partition coefficient (Wildman–Crippen LogP) is 1.96. The number of carboxylic acids is 1. The molecule has 0 aromatic heterocycles. The van der Waals surface area contributed by atoms with Crippen LogP contribution in [0.1, 0.15) is 32.1 Å². The highest BCUT2D eigenvalue weighted by Gasteiger charge is 2.38. The number of carbonyl (C=O) groups excluding carboxylic acids is 1. The second-order valence-corrected chi connectivity index (χ2v) is 6.54. The van der Waals surface area contributed by atoms with Crippen molar-refractivity contribution in [2.75, 3.05) is 5.32 Å². The predicted molar refractivity (Wildman–Crippen MR) is 86.7 cm³/mol. The molecule has 1 atom stereocenters. The van der Waals surface area contributed by atoms with Crippen LogP contribution in [0, 0.1) is 11.8 Å². The molecule has 1 unspecified atom stereocenters. The van der Waals surface area contributed by atoms with E-state index in [2.05, 4.69) is 5.32 Å². The minimum atomic E-state index is -2.89. The average molecular weight is 337 g/mol. The largest absolute Gasteiger partial charge is 0.481 e. The van der Waals surface area contributed by atoms with Crippen molar-refractivity contribution in [2.24, 2.45) is 11.8 Å². The number of benzene rings is 1. The Balaban J connectivity index is 2.30. The molecule has 6 nitrogen and oxygen atoms in total. The quantitative estimate of drug-likeness (QED) is 0.800. The van der Waals surface area contributed by atoms with Crippen LogP contribution in [0.3, 0.4) is 0 Å². The Labute approximate surface area is 136 Å². The van der Waals surface area contributed by atoms with E-state index in [0.717, 1.165) is 19.3 Å². The molecule has 1 aliphatic rings. The molecule has 0 radical (unpaired) electrons. The number of carbonyl (C=O) groups is 2. The highest BCUT2D eigenvalue weighted by molar-refractivity contribution is 7.75. The molecule has 7 heteroatoms. The molecular weight excluding hydrogens is 318 g/mol. The molecule has 0 spiro atoms. The topological polar surface area (TPSA) is 101 Å². The van der Waals surface area contributed by atoms with Gasteiger partial charge in [0.25, 0.3) is 5.91 Å². The third kappa shape index (κ3) is 4.41. The van der Waals surface area contributed by atoms with Gasteiger partial charge in [-0.25, -0.2) is 0 Å². The molecule has 124 valence electrons. The van der Waals surface area contributed by atoms with Crippen molar-refractivity contribution >= 4 is 32.7 Å². The first-order valence-corrected chi connectivity index (χ1v) is 8.63. The smallest absolute Gasteiger partial charge is 0.312 e. The molecular formula is C16H19NO5S. The highest BCUT2D eigenvalue weighted by atomic mass is 32.2. The van der Waals surface area contributed by atoms with Gasteiger partial charge in [-0.2, -0.15) is 8.42 Å². The second-order valence-electron chi connectivity index (χ2n) is 5.63. The summed E-state index contributed by atoms with van der Waals surface area (Å²) in [4.78, 5) is 23.4. The summed E-state index contributed by atoms with van der Waals surface area (Å²) in [6.45, 7) is 0. The van der Waals surface area contributed by atoms with Gasteiger partial charge in [-0.1, -0.05) is 37.5 Å². The fourth-order valence-electron chi connectivity index (χ4n) is 3.03. The standard InChI is InChI=1S/C16H19NO5S/c18-15(17-12-9-5-2-6-10-12)14(23(21)22)13(16(19)20)11-7-3-1-4-8-11/h2,5-6,9-11,13H,1,3-4,7-8H2,(H,17,18)(H,19,20). The van der Waals surface area contributed by atoms with Crippen molar-refractivity contribution in [1.29, 1.82) is 0 Å². The van der Waals surface area contributed by atoms with Gasteiger partial charge >= 0.3 is 5.97 Å². The van der Waals surface area contributed by atoms with Crippen LogP contribution in [0.4, 0.5) is 5.69 Å². The summed E-state index contributed by atoms with van der Waals surface area (Å²) in [5.74, 6) is -3.75. The lowest BCUT2D eigenvalue weighted by atomic mass is 9.78. The summed E-state index contributed by atoms with van der Waals surface area (Å²) in [6, 6.07) is 8.37. The number of anilines is 1. The molecule has 1 aromatic carbocycles. The Morgan fingerprint density at radius 2 is 1.70 bits per heavy atom. The van der Waals surface area contributed by atoms with E-state index in [4.69, 9.17) is 0 Å². The Hall–Kier alpha value is -2.15. The lowest BCUT2D eigenvalue weighted by Crippen LogP contribution is -2.40. The Morgan fingerprint density at radius 3 is 2.22 bits per heavy atom. The normalized spacial score (nSPS) is 16.3. The molecule has 0 saturated heterocycles. The highest BCUT2D eigenvalue weighted by Crippen LogP contribution is 2.31. The van der Waals surface area contributed by atoms with Gasteiger partial charge in [0.05, 0.1) is 0 Å². The van der Waals surface area contributed by atoms with Gasteiger partial charge in [-0.15, -0.1) is 0 Å². The van der Waals surface area contributed by atoms with Crippen molar-refractivity contribution in [3.63, 3.8) is 0 Å². The lowest BCUT2D eigenvalue weighted by Gasteiger charge is -2.27. The summed E-state index contributed by atoms with van der Waals surface area (Å²) in [5, 5.41) is 12.0. The summed E-state index contributed by atoms with van der Waals surface area (Å²) < 4.78 is 23.1. The Kier molecular flexibility index (Phi) is 5.92. The van der Waals surface area contributed by atoms with Crippen molar-refractivity contribution in [2.45, 2.75) is 32.1 Å². The van der Waals surface area contributed by atoms with Crippen molar-refractivity contribution in [1.82, 2.24) is 0 Å². The number of amides is 1. The van der Waals surface area contributed by atoms with Crippen LogP contribution in [0.5, 0.6) is 0 Å². The van der Waals surface area contributed by atoms with Gasteiger partial charge < -0.3 is 10.4 Å². The van der Waals surface area contributed by atoms with Crippen molar-refractivity contribution in [3.05, 3.63) is 30.3 Å². The number of rotatable bonds is 5. The summed E-state index contributed by atoms with van der Waals surface area (Å²) in [6.07, 6.45) is 3.96. The number of hydrogen-bond acceptors (Lipinski definition) is 4. The summed E-state index contributed by atoms with van der Waals surface area (Å²) in [7, 11) is -2.89. The molecule has 0 aliphatic heterocycles. The molecule has 1 saturated carbocycles. The first-order chi connectivity index (χ1) is 11.0. The summed E-state index contributed by atoms with van der Waals surface area (Å²) >= 11 is 0. The zero-order valence-corrected chi connectivity index (χ0v) is 13.4. The number of para-hydroxylation sites is 1. The number of nitrogens with one attached hydrogen (secondary N) is 1. The maximum atomic E-state index is 12.3. The molecule has 0 bridgehead atoms. The maximum absolute atomic E-state index is 12.3. The Bertz CT molecular complexity index is 697. The fraction of sp³-hybridized carbons (Fsp3) is 0.438. The van der Waals surface area contributed by atoms with E-state index in [1.807, 2.05) is 0 Å². The van der Waals surface area contributed by atoms with Crippen molar-refractivity contribution < 1.29 is 23.1 Å². The van der Waals surface area contributed by atoms with Gasteiger partial charge in [0.15, 0.2) is 4.86 Å². The summed E-state index contributed by atoms with van der Waals surface area (Å²) in [5.41, 5.74) is 0.424. The van der Waals surface area contributed by atoms with Gasteiger partial charge in [-0.3, -0.25) is 9.59 Å². The molecule has 2 N–H and O–H groups in total. The molecule has 23 heavy (non-hydrogen) atoms. The van der Waals surface area contributed by atoms with Crippen molar-refractivity contribution in [3.8, 4) is 0 Å². The van der Waals surface area contributed by atoms with Crippen LogP contribution in [-0.2, 0) is 19.9 Å². The van der Waals surface area contributed by atoms with Crippen LogP contribution >= 0.6 is 0 Å². The van der Waals surface area contributed by atoms with Crippen LogP contribution < -0.4 is 5.32 Å². The fourth-order valence-corrected chi connectivity index (χ4v) is 3.73. The third-order valence-corrected chi connectivity index (χ3v) is 4.90. The SMILES string of the molecule is O=C(Nc1ccccc1)C(C(C(=O)O)C1CCCCC1)=S(=O)=O. The molecule has 2 rings (SSSR count). The van der Waals surface area contributed by atoms with Gasteiger partial charge in [0.2, 0.25) is 10.3 Å². The first kappa shape index (κ1) is 17.2. The van der Waals surface area contributed by atoms with Gasteiger partial charge in [0, 0.05) is 5.69 Å². The number of aliphatic carboxylic acids is 1. The minimum absolute atomic E-state index is 0.323. The molecule has 1 aliphatic carbocycles. The van der Waals surface area contributed by atoms with Crippen LogP contribution in [0.15, 0.2) is 30.3 Å². The van der Waals surface area contributed by atoms with E-state index in [1.165, 1.54) is 0 Å². The minimum Gasteiger partial charge on any atom is -0.481 e. The zero-order chi connectivity index (χ0) is 16.8. The number of hydrogen-bond donors (Lipinski definition) is 2. The van der Waals surface area contributed by atoms with E-state index in [-0.39, 0.29) is 5.92 Å². The number of carboxylic acid groups (broad SMARTS) is 1. The second kappa shape index (κ2) is 7.92. The van der Waals surface area contributed by atoms with E-state index in [1.54, 1.807) is 30.3 Å². The maximum Gasteiger partial charge on any atom is 0.312 e. The van der Waals surface area contributed by atoms with Gasteiger partial charge in [-0.05, 0) is 30.9 Å².